The quantitative estimate of drug-likeness (QED) is 0.900. The molecule has 0 amide bonds. The molecule has 0 bridgehead atoms. The Bertz CT molecular complexity index is 454. The van der Waals surface area contributed by atoms with Crippen molar-refractivity contribution >= 4 is 5.69 Å². The molecule has 0 aliphatic carbocycles. The number of pyridine rings is 1. The average molecular weight is 288 g/mol. The van der Waals surface area contributed by atoms with E-state index in [0.717, 1.165) is 18.3 Å². The Morgan fingerprint density at radius 3 is 2.86 bits per heavy atom. The lowest BCUT2D eigenvalue weighted by Crippen LogP contribution is -2.35. The molecule has 21 heavy (non-hydrogen) atoms. The lowest BCUT2D eigenvalue weighted by atomic mass is 10.2. The van der Waals surface area contributed by atoms with Gasteiger partial charge in [-0.05, 0) is 44.5 Å². The summed E-state index contributed by atoms with van der Waals surface area (Å²) in [5.74, 6) is 0. The Hall–Kier alpha value is -1.13. The molecule has 4 heteroatoms. The lowest BCUT2D eigenvalue weighted by molar-refractivity contribution is 0.260. The summed E-state index contributed by atoms with van der Waals surface area (Å²) in [5.41, 5.74) is 2.48. The van der Waals surface area contributed by atoms with Crippen molar-refractivity contribution in [3.63, 3.8) is 0 Å². The summed E-state index contributed by atoms with van der Waals surface area (Å²) in [4.78, 5) is 9.69. The summed E-state index contributed by atoms with van der Waals surface area (Å²) in [6, 6.07) is 5.67. The molecule has 3 heterocycles. The largest absolute Gasteiger partial charge is 0.370 e. The number of aromatic nitrogens is 1. The maximum atomic E-state index is 4.48. The van der Waals surface area contributed by atoms with E-state index in [-0.39, 0.29) is 0 Å². The smallest absolute Gasteiger partial charge is 0.0562 e. The van der Waals surface area contributed by atoms with Crippen LogP contribution in [0.15, 0.2) is 18.3 Å². The number of rotatable bonds is 5. The van der Waals surface area contributed by atoms with Gasteiger partial charge in [-0.2, -0.15) is 0 Å². The molecular weight excluding hydrogens is 260 g/mol. The Morgan fingerprint density at radius 2 is 2.10 bits per heavy atom. The molecule has 1 atom stereocenters. The molecule has 4 nitrogen and oxygen atoms in total. The van der Waals surface area contributed by atoms with Gasteiger partial charge in [0, 0.05) is 43.6 Å². The van der Waals surface area contributed by atoms with Gasteiger partial charge in [0.05, 0.1) is 5.69 Å². The Labute approximate surface area is 128 Å². The molecule has 116 valence electrons. The zero-order chi connectivity index (χ0) is 14.7. The molecule has 0 spiro atoms. The maximum absolute atomic E-state index is 4.48. The molecule has 2 aliphatic heterocycles. The normalized spacial score (nSPS) is 23.4. The first-order valence-corrected chi connectivity index (χ1v) is 8.39. The monoisotopic (exact) mass is 288 g/mol. The molecule has 2 fully saturated rings. The predicted molar refractivity (Wildman–Crippen MR) is 87.6 cm³/mol. The van der Waals surface area contributed by atoms with Gasteiger partial charge in [0.2, 0.25) is 0 Å². The summed E-state index contributed by atoms with van der Waals surface area (Å²) in [5, 5.41) is 3.44. The zero-order valence-electron chi connectivity index (χ0n) is 13.4. The second-order valence-electron chi connectivity index (χ2n) is 6.67. The molecule has 2 aliphatic rings. The van der Waals surface area contributed by atoms with Crippen molar-refractivity contribution in [3.05, 3.63) is 24.0 Å². The van der Waals surface area contributed by atoms with Gasteiger partial charge in [0.25, 0.3) is 0 Å². The minimum Gasteiger partial charge on any atom is -0.370 e. The first-order chi connectivity index (χ1) is 10.2. The minimum atomic E-state index is 0.502. The molecule has 0 aromatic carbocycles. The van der Waals surface area contributed by atoms with E-state index in [1.165, 1.54) is 51.1 Å². The minimum absolute atomic E-state index is 0.502. The van der Waals surface area contributed by atoms with Crippen LogP contribution in [0.1, 0.15) is 38.8 Å². The lowest BCUT2D eigenvalue weighted by Gasteiger charge is -2.24. The van der Waals surface area contributed by atoms with Crippen LogP contribution in [-0.2, 0) is 6.54 Å². The molecule has 1 N–H and O–H groups in total. The summed E-state index contributed by atoms with van der Waals surface area (Å²) >= 11 is 0. The summed E-state index contributed by atoms with van der Waals surface area (Å²) in [6.45, 7) is 10.2. The molecule has 1 aromatic heterocycles. The fourth-order valence-corrected chi connectivity index (χ4v) is 3.45. The van der Waals surface area contributed by atoms with Gasteiger partial charge in [-0.1, -0.05) is 13.8 Å². The average Bonchev–Trinajstić information content (AvgIpc) is 3.16. The number of anilines is 1. The van der Waals surface area contributed by atoms with Gasteiger partial charge in [0.1, 0.15) is 0 Å². The molecule has 2 saturated heterocycles. The number of hydrogen-bond donors (Lipinski definition) is 1. The van der Waals surface area contributed by atoms with Gasteiger partial charge in [0.15, 0.2) is 0 Å². The van der Waals surface area contributed by atoms with Crippen LogP contribution in [0.4, 0.5) is 5.69 Å². The fourth-order valence-electron chi connectivity index (χ4n) is 3.45. The van der Waals surface area contributed by atoms with Gasteiger partial charge >= 0.3 is 0 Å². The molecular formula is C17H28N4. The number of hydrogen-bond acceptors (Lipinski definition) is 4. The maximum Gasteiger partial charge on any atom is 0.0562 e. The Balaban J connectivity index is 1.60. The van der Waals surface area contributed by atoms with Crippen LogP contribution < -0.4 is 10.2 Å². The number of likely N-dealkylation sites (tertiary alicyclic amines) is 1. The van der Waals surface area contributed by atoms with Crippen LogP contribution in [-0.4, -0.2) is 48.1 Å². The summed E-state index contributed by atoms with van der Waals surface area (Å²) < 4.78 is 0. The van der Waals surface area contributed by atoms with E-state index in [9.17, 15) is 0 Å². The first-order valence-electron chi connectivity index (χ1n) is 8.39. The van der Waals surface area contributed by atoms with Crippen LogP contribution in [0, 0.1) is 0 Å². The van der Waals surface area contributed by atoms with Gasteiger partial charge in [-0.3, -0.25) is 9.88 Å². The second-order valence-corrected chi connectivity index (χ2v) is 6.67. The molecule has 1 unspecified atom stereocenters. The molecule has 0 saturated carbocycles. The van der Waals surface area contributed by atoms with E-state index in [1.54, 1.807) is 0 Å². The Kier molecular flexibility index (Phi) is 4.76. The standard InChI is InChI=1S/C17H28N4/c1-14(2)19-12-15-11-16(5-7-18-15)21-10-6-17(13-21)20-8-3-4-9-20/h5,7,11,14,17,19H,3-4,6,8-10,12-13H2,1-2H3. The van der Waals surface area contributed by atoms with Crippen molar-refractivity contribution in [1.29, 1.82) is 0 Å². The highest BCUT2D eigenvalue weighted by Crippen LogP contribution is 2.25. The van der Waals surface area contributed by atoms with E-state index < -0.39 is 0 Å². The molecule has 1 aromatic rings. The highest BCUT2D eigenvalue weighted by atomic mass is 15.3. The van der Waals surface area contributed by atoms with Gasteiger partial charge in [-0.15, -0.1) is 0 Å². The van der Waals surface area contributed by atoms with Gasteiger partial charge < -0.3 is 10.2 Å². The van der Waals surface area contributed by atoms with Crippen molar-refractivity contribution in [3.8, 4) is 0 Å². The van der Waals surface area contributed by atoms with Crippen molar-refractivity contribution in [2.24, 2.45) is 0 Å². The van der Waals surface area contributed by atoms with Crippen molar-refractivity contribution in [1.82, 2.24) is 15.2 Å². The Morgan fingerprint density at radius 1 is 1.29 bits per heavy atom. The third kappa shape index (κ3) is 3.74. The summed E-state index contributed by atoms with van der Waals surface area (Å²) in [6.07, 6.45) is 6.03. The SMILES string of the molecule is CC(C)NCc1cc(N2CCC(N3CCCC3)C2)ccn1. The second kappa shape index (κ2) is 6.75. The topological polar surface area (TPSA) is 31.4 Å². The van der Waals surface area contributed by atoms with E-state index in [2.05, 4.69) is 46.1 Å². The first kappa shape index (κ1) is 14.8. The highest BCUT2D eigenvalue weighted by molar-refractivity contribution is 5.47. The van der Waals surface area contributed by atoms with E-state index >= 15 is 0 Å². The highest BCUT2D eigenvalue weighted by Gasteiger charge is 2.29. The van der Waals surface area contributed by atoms with E-state index in [1.807, 2.05) is 6.20 Å². The van der Waals surface area contributed by atoms with Crippen molar-refractivity contribution in [2.75, 3.05) is 31.1 Å². The van der Waals surface area contributed by atoms with E-state index in [0.29, 0.717) is 6.04 Å². The fraction of sp³-hybridized carbons (Fsp3) is 0.706. The zero-order valence-corrected chi connectivity index (χ0v) is 13.4. The van der Waals surface area contributed by atoms with Crippen LogP contribution in [0.5, 0.6) is 0 Å². The van der Waals surface area contributed by atoms with Crippen molar-refractivity contribution < 1.29 is 0 Å². The van der Waals surface area contributed by atoms with Crippen LogP contribution >= 0.6 is 0 Å². The van der Waals surface area contributed by atoms with E-state index in [4.69, 9.17) is 0 Å². The predicted octanol–water partition coefficient (Wildman–Crippen LogP) is 2.25. The van der Waals surface area contributed by atoms with Gasteiger partial charge in [-0.25, -0.2) is 0 Å². The van der Waals surface area contributed by atoms with Crippen LogP contribution in [0.25, 0.3) is 0 Å². The third-order valence-corrected chi connectivity index (χ3v) is 4.68. The van der Waals surface area contributed by atoms with Crippen LogP contribution in [0.2, 0.25) is 0 Å². The van der Waals surface area contributed by atoms with Crippen LogP contribution in [0.3, 0.4) is 0 Å². The molecule has 3 rings (SSSR count). The number of nitrogens with one attached hydrogen (secondary N) is 1. The van der Waals surface area contributed by atoms with Crippen molar-refractivity contribution in [2.45, 2.75) is 51.7 Å². The summed E-state index contributed by atoms with van der Waals surface area (Å²) in [7, 11) is 0. The molecule has 0 radical (unpaired) electrons. The third-order valence-electron chi connectivity index (χ3n) is 4.68. The number of nitrogens with zero attached hydrogens (tertiary/aromatic N) is 3.